The predicted molar refractivity (Wildman–Crippen MR) is 66.3 cm³/mol. The first-order valence-electron chi connectivity index (χ1n) is 5.85. The van der Waals surface area contributed by atoms with Gasteiger partial charge in [0.25, 0.3) is 0 Å². The first kappa shape index (κ1) is 11.6. The average molecular weight is 232 g/mol. The summed E-state index contributed by atoms with van der Waals surface area (Å²) in [7, 11) is 0. The van der Waals surface area contributed by atoms with E-state index in [1.165, 1.54) is 0 Å². The van der Waals surface area contributed by atoms with E-state index in [2.05, 4.69) is 18.9 Å². The summed E-state index contributed by atoms with van der Waals surface area (Å²) in [6.45, 7) is 4.18. The van der Waals surface area contributed by atoms with E-state index in [1.54, 1.807) is 6.07 Å². The van der Waals surface area contributed by atoms with E-state index in [-0.39, 0.29) is 11.7 Å². The Balaban J connectivity index is 2.60. The van der Waals surface area contributed by atoms with E-state index in [4.69, 9.17) is 5.11 Å². The summed E-state index contributed by atoms with van der Waals surface area (Å²) in [6.07, 6.45) is 2.04. The number of aromatic carboxylic acids is 1. The Morgan fingerprint density at radius 3 is 2.82 bits per heavy atom. The number of hydrogen-bond donors (Lipinski definition) is 1. The van der Waals surface area contributed by atoms with Crippen molar-refractivity contribution < 1.29 is 9.90 Å². The normalized spacial score (nSPS) is 12.8. The van der Waals surface area contributed by atoms with Gasteiger partial charge in [-0.2, -0.15) is 5.10 Å². The standard InChI is InChI=1S/C13H16N2O2/c1-3-6-9(2)15-11-8-5-4-7-10(11)12(14-15)13(16)17/h4-5,7-9H,3,6H2,1-2H3,(H,16,17). The van der Waals surface area contributed by atoms with Crippen molar-refractivity contribution >= 4 is 16.9 Å². The van der Waals surface area contributed by atoms with E-state index in [1.807, 2.05) is 22.9 Å². The lowest BCUT2D eigenvalue weighted by molar-refractivity contribution is 0.0691. The van der Waals surface area contributed by atoms with E-state index in [9.17, 15) is 4.79 Å². The molecule has 1 N–H and O–H groups in total. The van der Waals surface area contributed by atoms with Crippen molar-refractivity contribution in [2.75, 3.05) is 0 Å². The lowest BCUT2D eigenvalue weighted by Gasteiger charge is -2.11. The highest BCUT2D eigenvalue weighted by molar-refractivity contribution is 6.01. The molecule has 2 rings (SSSR count). The van der Waals surface area contributed by atoms with Gasteiger partial charge >= 0.3 is 5.97 Å². The van der Waals surface area contributed by atoms with Crippen LogP contribution in [0.4, 0.5) is 0 Å². The molecule has 2 aromatic rings. The molecule has 1 heterocycles. The van der Waals surface area contributed by atoms with E-state index < -0.39 is 5.97 Å². The highest BCUT2D eigenvalue weighted by atomic mass is 16.4. The largest absolute Gasteiger partial charge is 0.476 e. The molecule has 0 bridgehead atoms. The fourth-order valence-corrected chi connectivity index (χ4v) is 2.12. The van der Waals surface area contributed by atoms with E-state index in [0.29, 0.717) is 5.39 Å². The van der Waals surface area contributed by atoms with Crippen LogP contribution in [0.3, 0.4) is 0 Å². The van der Waals surface area contributed by atoms with Crippen LogP contribution in [0.15, 0.2) is 24.3 Å². The van der Waals surface area contributed by atoms with Gasteiger partial charge in [0.05, 0.1) is 5.52 Å². The second kappa shape index (κ2) is 4.57. The summed E-state index contributed by atoms with van der Waals surface area (Å²) >= 11 is 0. The number of para-hydroxylation sites is 1. The molecule has 0 aliphatic rings. The quantitative estimate of drug-likeness (QED) is 0.881. The zero-order chi connectivity index (χ0) is 12.4. The molecule has 1 atom stereocenters. The molecule has 1 unspecified atom stereocenters. The second-order valence-corrected chi connectivity index (χ2v) is 4.25. The van der Waals surface area contributed by atoms with Crippen molar-refractivity contribution in [3.05, 3.63) is 30.0 Å². The zero-order valence-corrected chi connectivity index (χ0v) is 10.1. The third kappa shape index (κ3) is 2.02. The van der Waals surface area contributed by atoms with Gasteiger partial charge in [-0.25, -0.2) is 4.79 Å². The van der Waals surface area contributed by atoms with Crippen molar-refractivity contribution in [2.24, 2.45) is 0 Å². The van der Waals surface area contributed by atoms with Crippen LogP contribution in [-0.2, 0) is 0 Å². The Morgan fingerprint density at radius 1 is 1.47 bits per heavy atom. The minimum atomic E-state index is -0.969. The molecular weight excluding hydrogens is 216 g/mol. The van der Waals surface area contributed by atoms with Crippen molar-refractivity contribution in [3.8, 4) is 0 Å². The van der Waals surface area contributed by atoms with Crippen LogP contribution in [0.5, 0.6) is 0 Å². The van der Waals surface area contributed by atoms with Crippen molar-refractivity contribution in [1.82, 2.24) is 9.78 Å². The van der Waals surface area contributed by atoms with Gasteiger partial charge < -0.3 is 5.11 Å². The van der Waals surface area contributed by atoms with Gasteiger partial charge in [-0.1, -0.05) is 31.5 Å². The van der Waals surface area contributed by atoms with E-state index >= 15 is 0 Å². The Kier molecular flexibility index (Phi) is 3.13. The summed E-state index contributed by atoms with van der Waals surface area (Å²) in [4.78, 5) is 11.1. The van der Waals surface area contributed by atoms with Crippen LogP contribution in [0.2, 0.25) is 0 Å². The molecule has 17 heavy (non-hydrogen) atoms. The topological polar surface area (TPSA) is 55.1 Å². The first-order valence-corrected chi connectivity index (χ1v) is 5.85. The maximum absolute atomic E-state index is 11.1. The summed E-state index contributed by atoms with van der Waals surface area (Å²) < 4.78 is 1.82. The Labute approximate surface area is 99.9 Å². The number of nitrogens with zero attached hydrogens (tertiary/aromatic N) is 2. The highest BCUT2D eigenvalue weighted by Gasteiger charge is 2.18. The zero-order valence-electron chi connectivity index (χ0n) is 10.1. The van der Waals surface area contributed by atoms with Crippen LogP contribution in [0.25, 0.3) is 10.9 Å². The van der Waals surface area contributed by atoms with Crippen LogP contribution < -0.4 is 0 Å². The average Bonchev–Trinajstić information content (AvgIpc) is 2.69. The number of hydrogen-bond acceptors (Lipinski definition) is 2. The summed E-state index contributed by atoms with van der Waals surface area (Å²) in [6, 6.07) is 7.69. The van der Waals surface area contributed by atoms with Gasteiger partial charge in [-0.15, -0.1) is 0 Å². The number of carboxylic acids is 1. The van der Waals surface area contributed by atoms with Crippen LogP contribution >= 0.6 is 0 Å². The van der Waals surface area contributed by atoms with Crippen molar-refractivity contribution in [3.63, 3.8) is 0 Å². The number of benzene rings is 1. The van der Waals surface area contributed by atoms with Gasteiger partial charge in [-0.05, 0) is 19.4 Å². The first-order chi connectivity index (χ1) is 8.15. The highest BCUT2D eigenvalue weighted by Crippen LogP contribution is 2.23. The molecule has 4 heteroatoms. The lowest BCUT2D eigenvalue weighted by atomic mass is 10.2. The van der Waals surface area contributed by atoms with Gasteiger partial charge in [0.15, 0.2) is 5.69 Å². The Bertz CT molecular complexity index is 545. The molecule has 0 saturated carbocycles. The second-order valence-electron chi connectivity index (χ2n) is 4.25. The summed E-state index contributed by atoms with van der Waals surface area (Å²) in [5, 5.41) is 14.1. The molecule has 0 aliphatic carbocycles. The Morgan fingerprint density at radius 2 is 2.18 bits per heavy atom. The van der Waals surface area contributed by atoms with Crippen molar-refractivity contribution in [2.45, 2.75) is 32.7 Å². The Hall–Kier alpha value is -1.84. The molecule has 0 fully saturated rings. The fraction of sp³-hybridized carbons (Fsp3) is 0.385. The molecule has 1 aromatic heterocycles. The number of carboxylic acid groups (broad SMARTS) is 1. The molecule has 0 amide bonds. The number of aromatic nitrogens is 2. The molecule has 0 spiro atoms. The smallest absolute Gasteiger partial charge is 0.357 e. The molecule has 0 saturated heterocycles. The number of carbonyl (C=O) groups is 1. The van der Waals surface area contributed by atoms with Gasteiger partial charge in [0.2, 0.25) is 0 Å². The number of fused-ring (bicyclic) bond motifs is 1. The summed E-state index contributed by atoms with van der Waals surface area (Å²) in [5.74, 6) is -0.969. The molecule has 4 nitrogen and oxygen atoms in total. The van der Waals surface area contributed by atoms with Crippen molar-refractivity contribution in [1.29, 1.82) is 0 Å². The van der Waals surface area contributed by atoms with Gasteiger partial charge in [0.1, 0.15) is 0 Å². The van der Waals surface area contributed by atoms with Crippen LogP contribution in [-0.4, -0.2) is 20.9 Å². The third-order valence-electron chi connectivity index (χ3n) is 2.94. The van der Waals surface area contributed by atoms with Gasteiger partial charge in [0, 0.05) is 11.4 Å². The fourth-order valence-electron chi connectivity index (χ4n) is 2.12. The van der Waals surface area contributed by atoms with Crippen LogP contribution in [0.1, 0.15) is 43.2 Å². The van der Waals surface area contributed by atoms with Crippen LogP contribution in [0, 0.1) is 0 Å². The lowest BCUT2D eigenvalue weighted by Crippen LogP contribution is -2.08. The van der Waals surface area contributed by atoms with E-state index in [0.717, 1.165) is 18.4 Å². The molecular formula is C13H16N2O2. The molecule has 0 aliphatic heterocycles. The minimum absolute atomic E-state index is 0.142. The summed E-state index contributed by atoms with van der Waals surface area (Å²) in [5.41, 5.74) is 1.04. The maximum Gasteiger partial charge on any atom is 0.357 e. The third-order valence-corrected chi connectivity index (χ3v) is 2.94. The monoisotopic (exact) mass is 232 g/mol. The maximum atomic E-state index is 11.1. The molecule has 0 radical (unpaired) electrons. The number of rotatable bonds is 4. The SMILES string of the molecule is CCCC(C)n1nc(C(=O)O)c2ccccc21. The molecule has 90 valence electrons. The van der Waals surface area contributed by atoms with Gasteiger partial charge in [-0.3, -0.25) is 4.68 Å². The predicted octanol–water partition coefficient (Wildman–Crippen LogP) is 3.10. The molecule has 1 aromatic carbocycles. The minimum Gasteiger partial charge on any atom is -0.476 e.